The molecule has 0 atom stereocenters. The standard InChI is InChI=1S/C22H20Cl2N2O3S/c1-16-19(23)12-7-13-21(16)26(30(28,29)18-9-3-2-4-10-18)15-22(27)25-14-17-8-5-6-11-20(17)24/h2-13H,14-15H2,1H3,(H,25,27). The Morgan fingerprint density at radius 2 is 1.53 bits per heavy atom. The van der Waals surface area contributed by atoms with Crippen molar-refractivity contribution in [3.8, 4) is 0 Å². The first kappa shape index (κ1) is 22.2. The topological polar surface area (TPSA) is 66.5 Å². The molecule has 0 aromatic heterocycles. The minimum Gasteiger partial charge on any atom is -0.350 e. The second-order valence-corrected chi connectivity index (χ2v) is 9.25. The highest BCUT2D eigenvalue weighted by Crippen LogP contribution is 2.30. The molecule has 0 heterocycles. The number of halogens is 2. The summed E-state index contributed by atoms with van der Waals surface area (Å²) in [4.78, 5) is 12.8. The zero-order valence-corrected chi connectivity index (χ0v) is 18.5. The van der Waals surface area contributed by atoms with E-state index in [1.54, 1.807) is 61.5 Å². The summed E-state index contributed by atoms with van der Waals surface area (Å²) in [7, 11) is -3.99. The fourth-order valence-corrected chi connectivity index (χ4v) is 4.78. The highest BCUT2D eigenvalue weighted by atomic mass is 35.5. The third-order valence-electron chi connectivity index (χ3n) is 4.56. The van der Waals surface area contributed by atoms with Crippen LogP contribution in [0, 0.1) is 6.92 Å². The van der Waals surface area contributed by atoms with E-state index in [2.05, 4.69) is 5.32 Å². The predicted octanol–water partition coefficient (Wildman–Crippen LogP) is 4.81. The fourth-order valence-electron chi connectivity index (χ4n) is 2.91. The van der Waals surface area contributed by atoms with Crippen molar-refractivity contribution in [2.24, 2.45) is 0 Å². The van der Waals surface area contributed by atoms with Crippen LogP contribution in [0.3, 0.4) is 0 Å². The van der Waals surface area contributed by atoms with E-state index < -0.39 is 22.5 Å². The van der Waals surface area contributed by atoms with Crippen molar-refractivity contribution in [1.82, 2.24) is 5.32 Å². The van der Waals surface area contributed by atoms with E-state index in [0.717, 1.165) is 9.87 Å². The van der Waals surface area contributed by atoms with Crippen molar-refractivity contribution in [1.29, 1.82) is 0 Å². The number of anilines is 1. The smallest absolute Gasteiger partial charge is 0.264 e. The molecule has 3 rings (SSSR count). The summed E-state index contributed by atoms with van der Waals surface area (Å²) in [5, 5.41) is 3.67. The van der Waals surface area contributed by atoms with Gasteiger partial charge >= 0.3 is 0 Å². The van der Waals surface area contributed by atoms with E-state index in [9.17, 15) is 13.2 Å². The van der Waals surface area contributed by atoms with Crippen LogP contribution < -0.4 is 9.62 Å². The summed E-state index contributed by atoms with van der Waals surface area (Å²) in [5.41, 5.74) is 1.65. The van der Waals surface area contributed by atoms with Gasteiger partial charge in [0.25, 0.3) is 10.0 Å². The van der Waals surface area contributed by atoms with Crippen LogP contribution in [0.2, 0.25) is 10.0 Å². The van der Waals surface area contributed by atoms with E-state index in [1.807, 2.05) is 6.07 Å². The van der Waals surface area contributed by atoms with E-state index in [-0.39, 0.29) is 11.4 Å². The summed E-state index contributed by atoms with van der Waals surface area (Å²) in [6, 6.07) is 20.1. The van der Waals surface area contributed by atoms with E-state index in [4.69, 9.17) is 23.2 Å². The maximum Gasteiger partial charge on any atom is 0.264 e. The van der Waals surface area contributed by atoms with Gasteiger partial charge in [-0.1, -0.05) is 65.7 Å². The average molecular weight is 463 g/mol. The summed E-state index contributed by atoms with van der Waals surface area (Å²) >= 11 is 12.3. The van der Waals surface area contributed by atoms with Gasteiger partial charge in [-0.2, -0.15) is 0 Å². The van der Waals surface area contributed by atoms with Gasteiger partial charge in [0.1, 0.15) is 6.54 Å². The third kappa shape index (κ3) is 4.95. The van der Waals surface area contributed by atoms with E-state index >= 15 is 0 Å². The average Bonchev–Trinajstić information content (AvgIpc) is 2.74. The van der Waals surface area contributed by atoms with Gasteiger partial charge in [-0.05, 0) is 48.4 Å². The van der Waals surface area contributed by atoms with Gasteiger partial charge in [0.05, 0.1) is 10.6 Å². The minimum atomic E-state index is -3.99. The molecule has 0 saturated heterocycles. The maximum atomic E-state index is 13.3. The number of benzene rings is 3. The quantitative estimate of drug-likeness (QED) is 0.547. The Bertz CT molecular complexity index is 1150. The summed E-state index contributed by atoms with van der Waals surface area (Å²) in [5.74, 6) is -0.464. The Morgan fingerprint density at radius 1 is 0.900 bits per heavy atom. The minimum absolute atomic E-state index is 0.0864. The van der Waals surface area contributed by atoms with Crippen LogP contribution in [0.4, 0.5) is 5.69 Å². The lowest BCUT2D eigenvalue weighted by molar-refractivity contribution is -0.119. The first-order valence-electron chi connectivity index (χ1n) is 9.13. The normalized spacial score (nSPS) is 11.2. The number of hydrogen-bond donors (Lipinski definition) is 1. The summed E-state index contributed by atoms with van der Waals surface area (Å²) in [6.45, 7) is 1.50. The molecule has 0 unspecified atom stereocenters. The second kappa shape index (κ2) is 9.51. The van der Waals surface area contributed by atoms with Crippen LogP contribution in [0.15, 0.2) is 77.7 Å². The first-order chi connectivity index (χ1) is 14.3. The molecule has 0 saturated carbocycles. The Labute approximate surface area is 186 Å². The number of nitrogens with one attached hydrogen (secondary N) is 1. The van der Waals surface area contributed by atoms with E-state index in [0.29, 0.717) is 21.3 Å². The van der Waals surface area contributed by atoms with Crippen molar-refractivity contribution >= 4 is 44.8 Å². The number of amides is 1. The van der Waals surface area contributed by atoms with Gasteiger partial charge in [-0.25, -0.2) is 8.42 Å². The molecule has 8 heteroatoms. The Kier molecular flexibility index (Phi) is 7.02. The zero-order valence-electron chi connectivity index (χ0n) is 16.2. The van der Waals surface area contributed by atoms with Crippen molar-refractivity contribution < 1.29 is 13.2 Å². The lowest BCUT2D eigenvalue weighted by atomic mass is 10.2. The highest BCUT2D eigenvalue weighted by molar-refractivity contribution is 7.92. The van der Waals surface area contributed by atoms with Crippen LogP contribution in [-0.4, -0.2) is 20.9 Å². The maximum absolute atomic E-state index is 13.3. The fraction of sp³-hybridized carbons (Fsp3) is 0.136. The van der Waals surface area contributed by atoms with Gasteiger partial charge in [0.15, 0.2) is 0 Å². The summed E-state index contributed by atoms with van der Waals surface area (Å²) < 4.78 is 27.8. The first-order valence-corrected chi connectivity index (χ1v) is 11.3. The second-order valence-electron chi connectivity index (χ2n) is 6.58. The molecule has 0 fully saturated rings. The molecule has 3 aromatic carbocycles. The Morgan fingerprint density at radius 3 is 2.23 bits per heavy atom. The van der Waals surface area contributed by atoms with Crippen molar-refractivity contribution in [2.75, 3.05) is 10.8 Å². The highest BCUT2D eigenvalue weighted by Gasteiger charge is 2.28. The molecule has 0 aliphatic rings. The molecule has 0 spiro atoms. The van der Waals surface area contributed by atoms with Crippen LogP contribution in [0.1, 0.15) is 11.1 Å². The van der Waals surface area contributed by atoms with Gasteiger partial charge in [-0.3, -0.25) is 9.10 Å². The Hall–Kier alpha value is -2.54. The van der Waals surface area contributed by atoms with Crippen LogP contribution in [-0.2, 0) is 21.4 Å². The van der Waals surface area contributed by atoms with E-state index in [1.165, 1.54) is 12.1 Å². The van der Waals surface area contributed by atoms with Crippen LogP contribution in [0.25, 0.3) is 0 Å². The molecule has 156 valence electrons. The van der Waals surface area contributed by atoms with Crippen molar-refractivity contribution in [3.05, 3.63) is 94.0 Å². The molecule has 30 heavy (non-hydrogen) atoms. The molecule has 0 bridgehead atoms. The SMILES string of the molecule is Cc1c(Cl)cccc1N(CC(=O)NCc1ccccc1Cl)S(=O)(=O)c1ccccc1. The monoisotopic (exact) mass is 462 g/mol. The van der Waals surface area contributed by atoms with Crippen LogP contribution >= 0.6 is 23.2 Å². The number of rotatable bonds is 7. The number of nitrogens with zero attached hydrogens (tertiary/aromatic N) is 1. The number of carbonyl (C=O) groups is 1. The summed E-state index contributed by atoms with van der Waals surface area (Å²) in [6.07, 6.45) is 0. The third-order valence-corrected chi connectivity index (χ3v) is 7.11. The van der Waals surface area contributed by atoms with Gasteiger partial charge in [0, 0.05) is 16.6 Å². The molecule has 0 aliphatic heterocycles. The molecule has 3 aromatic rings. The lowest BCUT2D eigenvalue weighted by Crippen LogP contribution is -2.41. The van der Waals surface area contributed by atoms with Crippen LogP contribution in [0.5, 0.6) is 0 Å². The predicted molar refractivity (Wildman–Crippen MR) is 120 cm³/mol. The van der Waals surface area contributed by atoms with Crippen molar-refractivity contribution in [2.45, 2.75) is 18.4 Å². The number of carbonyl (C=O) groups excluding carboxylic acids is 1. The number of hydrogen-bond acceptors (Lipinski definition) is 3. The largest absolute Gasteiger partial charge is 0.350 e. The van der Waals surface area contributed by atoms with Crippen molar-refractivity contribution in [3.63, 3.8) is 0 Å². The van der Waals surface area contributed by atoms with Gasteiger partial charge in [-0.15, -0.1) is 0 Å². The molecule has 1 amide bonds. The Balaban J connectivity index is 1.91. The molecular formula is C22H20Cl2N2O3S. The van der Waals surface area contributed by atoms with Gasteiger partial charge in [0.2, 0.25) is 5.91 Å². The molecule has 0 aliphatic carbocycles. The molecular weight excluding hydrogens is 443 g/mol. The lowest BCUT2D eigenvalue weighted by Gasteiger charge is -2.26. The van der Waals surface area contributed by atoms with Gasteiger partial charge < -0.3 is 5.32 Å². The molecule has 5 nitrogen and oxygen atoms in total. The molecule has 0 radical (unpaired) electrons. The zero-order chi connectivity index (χ0) is 21.7. The molecule has 1 N–H and O–H groups in total. The number of sulfonamides is 1.